The van der Waals surface area contributed by atoms with Crippen molar-refractivity contribution >= 4 is 5.69 Å². The van der Waals surface area contributed by atoms with E-state index in [1.807, 2.05) is 0 Å². The van der Waals surface area contributed by atoms with E-state index >= 15 is 0 Å². The van der Waals surface area contributed by atoms with E-state index in [1.54, 1.807) is 18.5 Å². The van der Waals surface area contributed by atoms with E-state index < -0.39 is 0 Å². The molecule has 16 heavy (non-hydrogen) atoms. The van der Waals surface area contributed by atoms with Crippen LogP contribution >= 0.6 is 0 Å². The van der Waals surface area contributed by atoms with Gasteiger partial charge in [0.25, 0.3) is 0 Å². The van der Waals surface area contributed by atoms with Crippen LogP contribution in [0.5, 0.6) is 0 Å². The summed E-state index contributed by atoms with van der Waals surface area (Å²) in [6.07, 6.45) is 4.41. The van der Waals surface area contributed by atoms with Gasteiger partial charge in [0.1, 0.15) is 6.07 Å². The quantitative estimate of drug-likeness (QED) is 0.838. The van der Waals surface area contributed by atoms with Gasteiger partial charge in [0.2, 0.25) is 0 Å². The van der Waals surface area contributed by atoms with E-state index in [1.165, 1.54) is 0 Å². The zero-order valence-corrected chi connectivity index (χ0v) is 9.31. The third-order valence-electron chi connectivity index (χ3n) is 3.00. The summed E-state index contributed by atoms with van der Waals surface area (Å²) in [5.74, 6) is 0.520. The Kier molecular flexibility index (Phi) is 3.37. The monoisotopic (exact) mass is 217 g/mol. The van der Waals surface area contributed by atoms with Crippen LogP contribution in [0.25, 0.3) is 0 Å². The number of nitrogens with zero attached hydrogens (tertiary/aromatic N) is 2. The van der Waals surface area contributed by atoms with Gasteiger partial charge in [0.05, 0.1) is 24.1 Å². The Hall–Kier alpha value is -1.60. The molecule has 1 aromatic rings. The van der Waals surface area contributed by atoms with Crippen LogP contribution < -0.4 is 5.32 Å². The van der Waals surface area contributed by atoms with Crippen molar-refractivity contribution in [2.75, 3.05) is 18.5 Å². The predicted octanol–water partition coefficient (Wildman–Crippen LogP) is 1.79. The van der Waals surface area contributed by atoms with E-state index in [4.69, 9.17) is 10.00 Å². The fourth-order valence-corrected chi connectivity index (χ4v) is 1.92. The first-order chi connectivity index (χ1) is 7.81. The number of nitriles is 1. The Balaban J connectivity index is 2.05. The van der Waals surface area contributed by atoms with Crippen LogP contribution in [0.15, 0.2) is 18.5 Å². The lowest BCUT2D eigenvalue weighted by atomic mass is 10.0. The number of rotatable bonds is 3. The van der Waals surface area contributed by atoms with Crippen molar-refractivity contribution in [2.45, 2.75) is 19.4 Å². The zero-order chi connectivity index (χ0) is 11.4. The molecule has 2 rings (SSSR count). The molecule has 0 bridgehead atoms. The van der Waals surface area contributed by atoms with Gasteiger partial charge < -0.3 is 10.1 Å². The minimum Gasteiger partial charge on any atom is -0.381 e. The minimum absolute atomic E-state index is 0.304. The van der Waals surface area contributed by atoms with Crippen LogP contribution in [-0.4, -0.2) is 24.2 Å². The highest BCUT2D eigenvalue weighted by molar-refractivity contribution is 5.55. The highest BCUT2D eigenvalue weighted by Crippen LogP contribution is 2.21. The maximum Gasteiger partial charge on any atom is 0.101 e. The number of nitrogens with one attached hydrogen (secondary N) is 1. The molecule has 1 N–H and O–H groups in total. The van der Waals surface area contributed by atoms with Gasteiger partial charge in [-0.3, -0.25) is 4.98 Å². The first-order valence-electron chi connectivity index (χ1n) is 5.49. The molecule has 0 radical (unpaired) electrons. The van der Waals surface area contributed by atoms with Crippen molar-refractivity contribution in [3.05, 3.63) is 24.0 Å². The maximum absolute atomic E-state index is 8.95. The third-order valence-corrected chi connectivity index (χ3v) is 3.00. The molecule has 4 heteroatoms. The van der Waals surface area contributed by atoms with E-state index in [2.05, 4.69) is 23.3 Å². The van der Waals surface area contributed by atoms with Gasteiger partial charge in [-0.2, -0.15) is 5.26 Å². The average molecular weight is 217 g/mol. The summed E-state index contributed by atoms with van der Waals surface area (Å²) < 4.78 is 5.35. The van der Waals surface area contributed by atoms with Crippen molar-refractivity contribution < 1.29 is 4.74 Å². The lowest BCUT2D eigenvalue weighted by Crippen LogP contribution is -2.26. The van der Waals surface area contributed by atoms with Gasteiger partial charge in [0, 0.05) is 24.8 Å². The van der Waals surface area contributed by atoms with Crippen molar-refractivity contribution in [3.63, 3.8) is 0 Å². The minimum atomic E-state index is 0.304. The molecule has 2 atom stereocenters. The summed E-state index contributed by atoms with van der Waals surface area (Å²) in [6.45, 7) is 3.76. The SMILES string of the molecule is CC(Nc1cnccc1C#N)C1CCOC1. The van der Waals surface area contributed by atoms with Crippen LogP contribution in [0.4, 0.5) is 5.69 Å². The normalized spacial score (nSPS) is 21.4. The fourth-order valence-electron chi connectivity index (χ4n) is 1.92. The van der Waals surface area contributed by atoms with Crippen LogP contribution in [0.2, 0.25) is 0 Å². The van der Waals surface area contributed by atoms with Crippen LogP contribution in [0.3, 0.4) is 0 Å². The molecule has 1 saturated heterocycles. The lowest BCUT2D eigenvalue weighted by Gasteiger charge is -2.20. The van der Waals surface area contributed by atoms with Gasteiger partial charge in [-0.05, 0) is 19.4 Å². The number of ether oxygens (including phenoxy) is 1. The third kappa shape index (κ3) is 2.31. The van der Waals surface area contributed by atoms with Gasteiger partial charge >= 0.3 is 0 Å². The number of pyridine rings is 1. The Morgan fingerprint density at radius 3 is 3.25 bits per heavy atom. The smallest absolute Gasteiger partial charge is 0.101 e. The van der Waals surface area contributed by atoms with Crippen LogP contribution in [-0.2, 0) is 4.74 Å². The zero-order valence-electron chi connectivity index (χ0n) is 9.31. The predicted molar refractivity (Wildman–Crippen MR) is 61.0 cm³/mol. The van der Waals surface area contributed by atoms with Crippen LogP contribution in [0, 0.1) is 17.2 Å². The molecule has 0 aliphatic carbocycles. The average Bonchev–Trinajstić information content (AvgIpc) is 2.83. The molecule has 0 spiro atoms. The highest BCUT2D eigenvalue weighted by atomic mass is 16.5. The molecule has 2 heterocycles. The second-order valence-electron chi connectivity index (χ2n) is 4.09. The van der Waals surface area contributed by atoms with Crippen molar-refractivity contribution in [1.29, 1.82) is 5.26 Å². The molecule has 4 nitrogen and oxygen atoms in total. The highest BCUT2D eigenvalue weighted by Gasteiger charge is 2.22. The molecule has 1 fully saturated rings. The van der Waals surface area contributed by atoms with Crippen molar-refractivity contribution in [2.24, 2.45) is 5.92 Å². The molecule has 1 aliphatic heterocycles. The number of hydrogen-bond acceptors (Lipinski definition) is 4. The molecule has 84 valence electrons. The van der Waals surface area contributed by atoms with Gasteiger partial charge in [-0.1, -0.05) is 0 Å². The summed E-state index contributed by atoms with van der Waals surface area (Å²) in [7, 11) is 0. The standard InChI is InChI=1S/C12H15N3O/c1-9(11-3-5-16-8-11)15-12-7-14-4-2-10(12)6-13/h2,4,7,9,11,15H,3,5,8H2,1H3. The number of aromatic nitrogens is 1. The topological polar surface area (TPSA) is 57.9 Å². The van der Waals surface area contributed by atoms with E-state index in [-0.39, 0.29) is 0 Å². The van der Waals surface area contributed by atoms with Crippen molar-refractivity contribution in [3.8, 4) is 6.07 Å². The largest absolute Gasteiger partial charge is 0.381 e. The Morgan fingerprint density at radius 1 is 1.69 bits per heavy atom. The first-order valence-corrected chi connectivity index (χ1v) is 5.49. The molecule has 1 aliphatic rings. The second kappa shape index (κ2) is 4.95. The van der Waals surface area contributed by atoms with E-state index in [0.29, 0.717) is 17.5 Å². The molecular weight excluding hydrogens is 202 g/mol. The Bertz CT molecular complexity index is 393. The maximum atomic E-state index is 8.95. The second-order valence-corrected chi connectivity index (χ2v) is 4.09. The summed E-state index contributed by atoms with van der Waals surface area (Å²) in [5.41, 5.74) is 1.45. The van der Waals surface area contributed by atoms with Gasteiger partial charge in [0.15, 0.2) is 0 Å². The lowest BCUT2D eigenvalue weighted by molar-refractivity contribution is 0.183. The fraction of sp³-hybridized carbons (Fsp3) is 0.500. The summed E-state index contributed by atoms with van der Waals surface area (Å²) >= 11 is 0. The number of anilines is 1. The summed E-state index contributed by atoms with van der Waals surface area (Å²) in [4.78, 5) is 4.03. The molecular formula is C12H15N3O. The summed E-state index contributed by atoms with van der Waals surface area (Å²) in [6, 6.07) is 4.18. The van der Waals surface area contributed by atoms with Gasteiger partial charge in [-0.25, -0.2) is 0 Å². The Morgan fingerprint density at radius 2 is 2.56 bits per heavy atom. The van der Waals surface area contributed by atoms with Crippen molar-refractivity contribution in [1.82, 2.24) is 4.98 Å². The molecule has 0 saturated carbocycles. The first kappa shape index (κ1) is 10.9. The molecule has 0 aromatic carbocycles. The van der Waals surface area contributed by atoms with E-state index in [0.717, 1.165) is 25.3 Å². The van der Waals surface area contributed by atoms with E-state index in [9.17, 15) is 0 Å². The molecule has 0 amide bonds. The molecule has 2 unspecified atom stereocenters. The summed E-state index contributed by atoms with van der Waals surface area (Å²) in [5, 5.41) is 12.3. The Labute approximate surface area is 95.3 Å². The number of hydrogen-bond donors (Lipinski definition) is 1. The van der Waals surface area contributed by atoms with Crippen LogP contribution in [0.1, 0.15) is 18.9 Å². The van der Waals surface area contributed by atoms with Gasteiger partial charge in [-0.15, -0.1) is 0 Å². The molecule has 1 aromatic heterocycles.